The quantitative estimate of drug-likeness (QED) is 0.811. The van der Waals surface area contributed by atoms with Gasteiger partial charge in [-0.25, -0.2) is 4.39 Å². The summed E-state index contributed by atoms with van der Waals surface area (Å²) in [4.78, 5) is 0. The van der Waals surface area contributed by atoms with Crippen LogP contribution in [-0.2, 0) is 0 Å². The second kappa shape index (κ2) is 5.95. The number of benzene rings is 1. The SMILES string of the molecule is C=CC[C@@H](N)c1c(Cl)ccc(F)c1O.Cl. The molecule has 15 heavy (non-hydrogen) atoms. The van der Waals surface area contributed by atoms with Crippen LogP contribution >= 0.6 is 24.0 Å². The van der Waals surface area contributed by atoms with Crippen LogP contribution < -0.4 is 5.73 Å². The first-order valence-electron chi connectivity index (χ1n) is 4.11. The molecule has 0 radical (unpaired) electrons. The third kappa shape index (κ3) is 3.09. The van der Waals surface area contributed by atoms with Crippen molar-refractivity contribution in [3.05, 3.63) is 41.2 Å². The number of hydrogen-bond acceptors (Lipinski definition) is 2. The molecule has 0 saturated heterocycles. The zero-order valence-corrected chi connectivity index (χ0v) is 9.48. The fourth-order valence-corrected chi connectivity index (χ4v) is 1.50. The second-order valence-corrected chi connectivity index (χ2v) is 3.33. The highest BCUT2D eigenvalue weighted by Gasteiger charge is 2.16. The molecule has 1 rings (SSSR count). The first kappa shape index (κ1) is 14.2. The second-order valence-electron chi connectivity index (χ2n) is 2.92. The van der Waals surface area contributed by atoms with E-state index in [-0.39, 0.29) is 23.0 Å². The van der Waals surface area contributed by atoms with Gasteiger partial charge < -0.3 is 10.8 Å². The van der Waals surface area contributed by atoms with Crippen LogP contribution in [0.15, 0.2) is 24.8 Å². The maximum absolute atomic E-state index is 13.0. The Kier molecular flexibility index (Phi) is 5.65. The molecule has 84 valence electrons. The average Bonchev–Trinajstić information content (AvgIpc) is 2.13. The van der Waals surface area contributed by atoms with Crippen molar-refractivity contribution in [1.29, 1.82) is 0 Å². The zero-order chi connectivity index (χ0) is 10.7. The largest absolute Gasteiger partial charge is 0.505 e. The third-order valence-corrected chi connectivity index (χ3v) is 2.24. The molecule has 1 atom stereocenters. The normalized spacial score (nSPS) is 11.7. The molecule has 0 heterocycles. The summed E-state index contributed by atoms with van der Waals surface area (Å²) < 4.78 is 13.0. The molecule has 2 nitrogen and oxygen atoms in total. The smallest absolute Gasteiger partial charge is 0.165 e. The lowest BCUT2D eigenvalue weighted by molar-refractivity contribution is 0.421. The van der Waals surface area contributed by atoms with E-state index in [0.717, 1.165) is 6.07 Å². The van der Waals surface area contributed by atoms with Crippen LogP contribution in [0.3, 0.4) is 0 Å². The maximum atomic E-state index is 13.0. The Morgan fingerprint density at radius 1 is 1.60 bits per heavy atom. The monoisotopic (exact) mass is 251 g/mol. The summed E-state index contributed by atoms with van der Waals surface area (Å²) in [5.41, 5.74) is 5.92. The molecule has 0 aliphatic rings. The summed E-state index contributed by atoms with van der Waals surface area (Å²) in [5.74, 6) is -1.20. The molecule has 0 aromatic heterocycles. The minimum atomic E-state index is -0.719. The number of hydrogen-bond donors (Lipinski definition) is 2. The summed E-state index contributed by atoms with van der Waals surface area (Å²) >= 11 is 5.79. The standard InChI is InChI=1S/C10H11ClFNO.ClH/c1-2-3-8(13)9-6(11)4-5-7(12)10(9)14;/h2,4-5,8,14H,1,3,13H2;1H/t8-;/m1./s1. The van der Waals surface area contributed by atoms with Crippen LogP contribution in [0, 0.1) is 5.82 Å². The molecule has 0 amide bonds. The topological polar surface area (TPSA) is 46.2 Å². The van der Waals surface area contributed by atoms with Gasteiger partial charge in [0.05, 0.1) is 0 Å². The first-order valence-corrected chi connectivity index (χ1v) is 4.49. The van der Waals surface area contributed by atoms with Crippen molar-refractivity contribution >= 4 is 24.0 Å². The Hall–Kier alpha value is -0.770. The number of rotatable bonds is 3. The van der Waals surface area contributed by atoms with Gasteiger partial charge in [-0.1, -0.05) is 17.7 Å². The van der Waals surface area contributed by atoms with Gasteiger partial charge >= 0.3 is 0 Å². The number of halogens is 3. The van der Waals surface area contributed by atoms with Crippen LogP contribution in [-0.4, -0.2) is 5.11 Å². The number of aromatic hydroxyl groups is 1. The number of nitrogens with two attached hydrogens (primary N) is 1. The van der Waals surface area contributed by atoms with Crippen molar-refractivity contribution in [1.82, 2.24) is 0 Å². The van der Waals surface area contributed by atoms with Crippen molar-refractivity contribution in [2.75, 3.05) is 0 Å². The van der Waals surface area contributed by atoms with Crippen molar-refractivity contribution in [3.8, 4) is 5.75 Å². The van der Waals surface area contributed by atoms with Crippen molar-refractivity contribution in [2.24, 2.45) is 5.73 Å². The van der Waals surface area contributed by atoms with Gasteiger partial charge in [-0.05, 0) is 18.6 Å². The predicted molar refractivity (Wildman–Crippen MR) is 62.1 cm³/mol. The molecule has 1 aromatic carbocycles. The summed E-state index contributed by atoms with van der Waals surface area (Å²) in [5, 5.41) is 9.66. The maximum Gasteiger partial charge on any atom is 0.165 e. The number of phenolic OH excluding ortho intramolecular Hbond substituents is 1. The molecular formula is C10H12Cl2FNO. The molecule has 0 aliphatic carbocycles. The van der Waals surface area contributed by atoms with E-state index in [1.165, 1.54) is 6.07 Å². The molecule has 0 bridgehead atoms. The van der Waals surface area contributed by atoms with E-state index >= 15 is 0 Å². The highest BCUT2D eigenvalue weighted by Crippen LogP contribution is 2.33. The Bertz CT molecular complexity index is 358. The average molecular weight is 252 g/mol. The minimum Gasteiger partial charge on any atom is -0.505 e. The lowest BCUT2D eigenvalue weighted by atomic mass is 10.0. The summed E-state index contributed by atoms with van der Waals surface area (Å²) in [6.45, 7) is 3.51. The van der Waals surface area contributed by atoms with Crippen LogP contribution in [0.1, 0.15) is 18.0 Å². The zero-order valence-electron chi connectivity index (χ0n) is 7.91. The van der Waals surface area contributed by atoms with Crippen molar-refractivity contribution < 1.29 is 9.50 Å². The van der Waals surface area contributed by atoms with E-state index < -0.39 is 17.6 Å². The molecule has 5 heteroatoms. The summed E-state index contributed by atoms with van der Waals surface area (Å²) in [6, 6.07) is 1.94. The highest BCUT2D eigenvalue weighted by atomic mass is 35.5. The van der Waals surface area contributed by atoms with Gasteiger partial charge in [0.2, 0.25) is 0 Å². The fourth-order valence-electron chi connectivity index (χ4n) is 1.21. The van der Waals surface area contributed by atoms with E-state index in [1.807, 2.05) is 0 Å². The molecule has 0 saturated carbocycles. The minimum absolute atomic E-state index is 0. The molecule has 0 aliphatic heterocycles. The fraction of sp³-hybridized carbons (Fsp3) is 0.200. The number of phenols is 1. The van der Waals surface area contributed by atoms with E-state index in [1.54, 1.807) is 6.08 Å². The van der Waals surface area contributed by atoms with E-state index in [2.05, 4.69) is 6.58 Å². The molecule has 0 fully saturated rings. The molecule has 3 N–H and O–H groups in total. The predicted octanol–water partition coefficient (Wildman–Crippen LogP) is 3.18. The molecular weight excluding hydrogens is 240 g/mol. The Morgan fingerprint density at radius 3 is 2.73 bits per heavy atom. The van der Waals surface area contributed by atoms with E-state index in [9.17, 15) is 9.50 Å². The van der Waals surface area contributed by atoms with Gasteiger partial charge in [-0.2, -0.15) is 0 Å². The summed E-state index contributed by atoms with van der Waals surface area (Å²) in [6.07, 6.45) is 2.02. The lowest BCUT2D eigenvalue weighted by Gasteiger charge is -2.13. The Labute approximate surface area is 99.0 Å². The van der Waals surface area contributed by atoms with Crippen LogP contribution in [0.4, 0.5) is 4.39 Å². The van der Waals surface area contributed by atoms with Gasteiger partial charge in [0.1, 0.15) is 0 Å². The first-order chi connectivity index (χ1) is 6.57. The Balaban J connectivity index is 0.00000196. The molecule has 0 unspecified atom stereocenters. The Morgan fingerprint density at radius 2 is 2.20 bits per heavy atom. The van der Waals surface area contributed by atoms with Gasteiger partial charge in [0, 0.05) is 16.6 Å². The van der Waals surface area contributed by atoms with Gasteiger partial charge in [-0.3, -0.25) is 0 Å². The van der Waals surface area contributed by atoms with Crippen LogP contribution in [0.5, 0.6) is 5.75 Å². The molecule has 0 spiro atoms. The van der Waals surface area contributed by atoms with Crippen molar-refractivity contribution in [3.63, 3.8) is 0 Å². The van der Waals surface area contributed by atoms with E-state index in [4.69, 9.17) is 17.3 Å². The van der Waals surface area contributed by atoms with Crippen LogP contribution in [0.25, 0.3) is 0 Å². The van der Waals surface area contributed by atoms with Gasteiger partial charge in [0.15, 0.2) is 11.6 Å². The van der Waals surface area contributed by atoms with Crippen molar-refractivity contribution in [2.45, 2.75) is 12.5 Å². The summed E-state index contributed by atoms with van der Waals surface area (Å²) in [7, 11) is 0. The van der Waals surface area contributed by atoms with E-state index in [0.29, 0.717) is 6.42 Å². The lowest BCUT2D eigenvalue weighted by Crippen LogP contribution is -2.10. The van der Waals surface area contributed by atoms with Gasteiger partial charge in [-0.15, -0.1) is 19.0 Å². The van der Waals surface area contributed by atoms with Crippen LogP contribution in [0.2, 0.25) is 5.02 Å². The molecule has 1 aromatic rings. The highest BCUT2D eigenvalue weighted by molar-refractivity contribution is 6.31. The third-order valence-electron chi connectivity index (χ3n) is 1.91. The van der Waals surface area contributed by atoms with Gasteiger partial charge in [0.25, 0.3) is 0 Å².